The third-order valence-electron chi connectivity index (χ3n) is 2.88. The highest BCUT2D eigenvalue weighted by atomic mass is 35.5. The van der Waals surface area contributed by atoms with Gasteiger partial charge in [0.05, 0.1) is 16.4 Å². The number of hydrogen-bond acceptors (Lipinski definition) is 2. The molecule has 6 heteroatoms. The van der Waals surface area contributed by atoms with E-state index in [1.165, 1.54) is 6.07 Å². The number of halogens is 3. The van der Waals surface area contributed by atoms with Crippen LogP contribution in [0.1, 0.15) is 17.0 Å². The first kappa shape index (κ1) is 14.0. The molecule has 0 saturated heterocycles. The zero-order valence-corrected chi connectivity index (χ0v) is 11.4. The van der Waals surface area contributed by atoms with Crippen molar-refractivity contribution in [3.8, 4) is 0 Å². The molecule has 0 aliphatic heterocycles. The summed E-state index contributed by atoms with van der Waals surface area (Å²) in [5.41, 5.74) is 1.85. The summed E-state index contributed by atoms with van der Waals surface area (Å²) in [6.45, 7) is 2.48. The van der Waals surface area contributed by atoms with Crippen LogP contribution in [-0.2, 0) is 20.1 Å². The average molecular weight is 286 g/mol. The fourth-order valence-corrected chi connectivity index (χ4v) is 2.09. The van der Waals surface area contributed by atoms with Gasteiger partial charge < -0.3 is 5.32 Å². The van der Waals surface area contributed by atoms with Gasteiger partial charge in [-0.25, -0.2) is 8.78 Å². The maximum atomic E-state index is 13.4. The van der Waals surface area contributed by atoms with Crippen molar-refractivity contribution in [2.45, 2.75) is 20.0 Å². The van der Waals surface area contributed by atoms with Crippen LogP contribution in [0.25, 0.3) is 0 Å². The van der Waals surface area contributed by atoms with Crippen LogP contribution in [0.3, 0.4) is 0 Å². The third-order valence-corrected chi connectivity index (χ3v) is 3.37. The van der Waals surface area contributed by atoms with E-state index >= 15 is 0 Å². The van der Waals surface area contributed by atoms with Crippen molar-refractivity contribution in [3.05, 3.63) is 51.8 Å². The molecule has 0 fully saturated rings. The average Bonchev–Trinajstić information content (AvgIpc) is 2.60. The summed E-state index contributed by atoms with van der Waals surface area (Å²) in [6, 6.07) is 3.39. The number of benzene rings is 1. The molecule has 3 nitrogen and oxygen atoms in total. The van der Waals surface area contributed by atoms with Crippen molar-refractivity contribution in [2.24, 2.45) is 7.05 Å². The summed E-state index contributed by atoms with van der Waals surface area (Å²) in [6.07, 6.45) is 0. The van der Waals surface area contributed by atoms with E-state index in [-0.39, 0.29) is 12.1 Å². The monoisotopic (exact) mass is 285 g/mol. The lowest BCUT2D eigenvalue weighted by molar-refractivity contribution is 0.561. The number of aromatic nitrogens is 2. The summed E-state index contributed by atoms with van der Waals surface area (Å²) in [7, 11) is 1.79. The molecule has 102 valence electrons. The second kappa shape index (κ2) is 5.67. The molecule has 0 aliphatic carbocycles. The quantitative estimate of drug-likeness (QED) is 0.936. The van der Waals surface area contributed by atoms with Gasteiger partial charge in [0.25, 0.3) is 0 Å². The molecule has 0 atom stereocenters. The Bertz CT molecular complexity index is 596. The van der Waals surface area contributed by atoms with E-state index in [0.29, 0.717) is 11.6 Å². The molecule has 0 spiro atoms. The maximum Gasteiger partial charge on any atom is 0.127 e. The van der Waals surface area contributed by atoms with Gasteiger partial charge in [0, 0.05) is 25.7 Å². The Morgan fingerprint density at radius 3 is 2.68 bits per heavy atom. The zero-order chi connectivity index (χ0) is 14.0. The Morgan fingerprint density at radius 1 is 1.32 bits per heavy atom. The maximum absolute atomic E-state index is 13.4. The highest BCUT2D eigenvalue weighted by molar-refractivity contribution is 6.31. The Kier molecular flexibility index (Phi) is 4.17. The third kappa shape index (κ3) is 3.11. The van der Waals surface area contributed by atoms with Crippen LogP contribution in [0.4, 0.5) is 8.78 Å². The molecule has 1 aromatic heterocycles. The first-order chi connectivity index (χ1) is 8.99. The molecule has 2 rings (SSSR count). The molecule has 1 N–H and O–H groups in total. The molecule has 1 heterocycles. The SMILES string of the molecule is Cc1nn(C)c(CNCc2cc(F)ccc2F)c1Cl. The number of nitrogens with one attached hydrogen (secondary N) is 1. The van der Waals surface area contributed by atoms with Crippen LogP contribution < -0.4 is 5.32 Å². The predicted octanol–water partition coefficient (Wildman–Crippen LogP) is 2.95. The molecule has 0 saturated carbocycles. The summed E-state index contributed by atoms with van der Waals surface area (Å²) in [5.74, 6) is -0.881. The first-order valence-electron chi connectivity index (χ1n) is 5.81. The van der Waals surface area contributed by atoms with Crippen molar-refractivity contribution in [2.75, 3.05) is 0 Å². The van der Waals surface area contributed by atoms with Crippen LogP contribution in [0.15, 0.2) is 18.2 Å². The fraction of sp³-hybridized carbons (Fsp3) is 0.308. The van der Waals surface area contributed by atoms with E-state index in [9.17, 15) is 8.78 Å². The van der Waals surface area contributed by atoms with E-state index in [4.69, 9.17) is 11.6 Å². The van der Waals surface area contributed by atoms with Gasteiger partial charge in [-0.3, -0.25) is 4.68 Å². The number of rotatable bonds is 4. The van der Waals surface area contributed by atoms with Gasteiger partial charge >= 0.3 is 0 Å². The molecule has 0 radical (unpaired) electrons. The van der Waals surface area contributed by atoms with Crippen molar-refractivity contribution in [3.63, 3.8) is 0 Å². The van der Waals surface area contributed by atoms with Crippen molar-refractivity contribution >= 4 is 11.6 Å². The second-order valence-electron chi connectivity index (χ2n) is 4.31. The molecule has 0 bridgehead atoms. The van der Waals surface area contributed by atoms with Crippen molar-refractivity contribution in [1.29, 1.82) is 0 Å². The largest absolute Gasteiger partial charge is 0.307 e. The van der Waals surface area contributed by atoms with Crippen molar-refractivity contribution < 1.29 is 8.78 Å². The van der Waals surface area contributed by atoms with E-state index in [2.05, 4.69) is 10.4 Å². The summed E-state index contributed by atoms with van der Waals surface area (Å²) >= 11 is 6.09. The number of aryl methyl sites for hydroxylation is 2. The van der Waals surface area contributed by atoms with E-state index in [1.807, 2.05) is 6.92 Å². The number of hydrogen-bond donors (Lipinski definition) is 1. The topological polar surface area (TPSA) is 29.9 Å². The first-order valence-corrected chi connectivity index (χ1v) is 6.19. The smallest absolute Gasteiger partial charge is 0.127 e. The summed E-state index contributed by atoms with van der Waals surface area (Å²) in [4.78, 5) is 0. The van der Waals surface area contributed by atoms with Gasteiger partial charge in [0.15, 0.2) is 0 Å². The second-order valence-corrected chi connectivity index (χ2v) is 4.69. The summed E-state index contributed by atoms with van der Waals surface area (Å²) < 4.78 is 28.1. The normalized spacial score (nSPS) is 11.0. The van der Waals surface area contributed by atoms with Crippen LogP contribution >= 0.6 is 11.6 Å². The highest BCUT2D eigenvalue weighted by Gasteiger charge is 2.11. The Morgan fingerprint density at radius 2 is 2.05 bits per heavy atom. The van der Waals surface area contributed by atoms with Gasteiger partial charge in [-0.05, 0) is 25.1 Å². The molecule has 2 aromatic rings. The van der Waals surface area contributed by atoms with E-state index in [0.717, 1.165) is 23.5 Å². The van der Waals surface area contributed by atoms with Gasteiger partial charge in [0.2, 0.25) is 0 Å². The Balaban J connectivity index is 2.02. The fourth-order valence-electron chi connectivity index (χ4n) is 1.87. The minimum absolute atomic E-state index is 0.226. The van der Waals surface area contributed by atoms with Gasteiger partial charge in [-0.2, -0.15) is 5.10 Å². The standard InChI is InChI=1S/C13H14ClF2N3/c1-8-13(14)12(19(2)18-8)7-17-6-9-5-10(15)3-4-11(9)16/h3-5,17H,6-7H2,1-2H3. The molecule has 19 heavy (non-hydrogen) atoms. The minimum atomic E-state index is -0.451. The molecule has 0 unspecified atom stereocenters. The van der Waals surface area contributed by atoms with E-state index in [1.54, 1.807) is 11.7 Å². The van der Waals surface area contributed by atoms with Gasteiger partial charge in [-0.15, -0.1) is 0 Å². The molecular formula is C13H14ClF2N3. The van der Waals surface area contributed by atoms with Crippen LogP contribution in [0, 0.1) is 18.6 Å². The molecule has 0 amide bonds. The molecule has 0 aliphatic rings. The minimum Gasteiger partial charge on any atom is -0.307 e. The van der Waals surface area contributed by atoms with Gasteiger partial charge in [-0.1, -0.05) is 11.6 Å². The van der Waals surface area contributed by atoms with Gasteiger partial charge in [0.1, 0.15) is 11.6 Å². The lowest BCUT2D eigenvalue weighted by Crippen LogP contribution is -2.16. The van der Waals surface area contributed by atoms with Crippen LogP contribution in [-0.4, -0.2) is 9.78 Å². The highest BCUT2D eigenvalue weighted by Crippen LogP contribution is 2.19. The molecule has 1 aromatic carbocycles. The zero-order valence-electron chi connectivity index (χ0n) is 10.7. The molecular weight excluding hydrogens is 272 g/mol. The lowest BCUT2D eigenvalue weighted by Gasteiger charge is -2.07. The lowest BCUT2D eigenvalue weighted by atomic mass is 10.2. The summed E-state index contributed by atoms with van der Waals surface area (Å²) in [5, 5.41) is 7.80. The predicted molar refractivity (Wildman–Crippen MR) is 69.9 cm³/mol. The van der Waals surface area contributed by atoms with E-state index < -0.39 is 11.6 Å². The van der Waals surface area contributed by atoms with Crippen molar-refractivity contribution in [1.82, 2.24) is 15.1 Å². The Labute approximate surface area is 115 Å². The van der Waals surface area contributed by atoms with Crippen LogP contribution in [0.5, 0.6) is 0 Å². The number of nitrogens with zero attached hydrogens (tertiary/aromatic N) is 2. The Hall–Kier alpha value is -1.46. The van der Waals surface area contributed by atoms with Crippen LogP contribution in [0.2, 0.25) is 5.02 Å².